The maximum atomic E-state index is 13.4. The molecule has 162 valence electrons. The van der Waals surface area contributed by atoms with Crippen molar-refractivity contribution in [1.29, 1.82) is 0 Å². The molecule has 0 radical (unpaired) electrons. The number of carbonyl (C=O) groups is 1. The lowest BCUT2D eigenvalue weighted by atomic mass is 10.1. The van der Waals surface area contributed by atoms with Gasteiger partial charge in [-0.3, -0.25) is 9.59 Å². The number of carbonyl (C=O) groups excluding carboxylic acids is 1. The summed E-state index contributed by atoms with van der Waals surface area (Å²) in [5, 5.41) is 12.7. The van der Waals surface area contributed by atoms with Gasteiger partial charge in [0.25, 0.3) is 5.56 Å². The molecule has 4 aromatic rings. The molecule has 2 aromatic heterocycles. The van der Waals surface area contributed by atoms with Crippen LogP contribution in [0.1, 0.15) is 35.6 Å². The van der Waals surface area contributed by atoms with Crippen LogP contribution in [0.3, 0.4) is 0 Å². The van der Waals surface area contributed by atoms with Gasteiger partial charge in [-0.15, -0.1) is 0 Å². The number of amides is 1. The number of hydrogen-bond donors (Lipinski definition) is 1. The summed E-state index contributed by atoms with van der Waals surface area (Å²) in [6, 6.07) is 13.3. The molecule has 0 bridgehead atoms. The fourth-order valence-electron chi connectivity index (χ4n) is 3.78. The number of nitrogens with zero attached hydrogens (tertiary/aromatic N) is 4. The largest absolute Gasteiger partial charge is 0.324 e. The van der Waals surface area contributed by atoms with Crippen molar-refractivity contribution in [3.05, 3.63) is 80.3 Å². The van der Waals surface area contributed by atoms with Crippen LogP contribution in [0.4, 0.5) is 5.69 Å². The second-order valence-corrected chi connectivity index (χ2v) is 9.18. The van der Waals surface area contributed by atoms with Gasteiger partial charge in [0.2, 0.25) is 5.91 Å². The maximum Gasteiger partial charge on any atom is 0.293 e. The van der Waals surface area contributed by atoms with Crippen molar-refractivity contribution in [3.63, 3.8) is 0 Å². The quantitative estimate of drug-likeness (QED) is 0.446. The lowest BCUT2D eigenvalue weighted by Gasteiger charge is -2.11. The van der Waals surface area contributed by atoms with Crippen LogP contribution in [0.5, 0.6) is 0 Å². The Morgan fingerprint density at radius 3 is 2.56 bits per heavy atom. The lowest BCUT2D eigenvalue weighted by Crippen LogP contribution is -2.31. The Bertz CT molecular complexity index is 1400. The van der Waals surface area contributed by atoms with Crippen LogP contribution in [0.15, 0.2) is 57.9 Å². The molecule has 0 atom stereocenters. The number of hydrogen-bond acceptors (Lipinski definition) is 4. The third-order valence-corrected chi connectivity index (χ3v) is 6.36. The standard InChI is InChI=1S/C24H22BrN5O2/c1-14-3-10-19(11-15(14)2)30-23-20(12-26-30)22(16-4-5-16)28-29(24(23)32)13-21(31)27-18-8-6-17(25)7-9-18/h3,6-12,16H,4-5,13H2,1-2H3,(H,27,31). The molecule has 8 heteroatoms. The summed E-state index contributed by atoms with van der Waals surface area (Å²) in [6.07, 6.45) is 3.78. The molecule has 0 unspecified atom stereocenters. The average Bonchev–Trinajstić information content (AvgIpc) is 3.51. The van der Waals surface area contributed by atoms with Gasteiger partial charge in [0, 0.05) is 21.5 Å². The van der Waals surface area contributed by atoms with E-state index in [2.05, 4.69) is 31.4 Å². The summed E-state index contributed by atoms with van der Waals surface area (Å²) in [5.74, 6) is -0.00319. The molecule has 1 fully saturated rings. The van der Waals surface area contributed by atoms with Crippen LogP contribution in [0, 0.1) is 13.8 Å². The van der Waals surface area contributed by atoms with E-state index >= 15 is 0 Å². The van der Waals surface area contributed by atoms with Gasteiger partial charge in [-0.1, -0.05) is 22.0 Å². The van der Waals surface area contributed by atoms with Crippen molar-refractivity contribution < 1.29 is 4.79 Å². The number of rotatable bonds is 5. The molecule has 5 rings (SSSR count). The maximum absolute atomic E-state index is 13.4. The van der Waals surface area contributed by atoms with E-state index < -0.39 is 0 Å². The van der Waals surface area contributed by atoms with Crippen LogP contribution in [0.25, 0.3) is 16.6 Å². The lowest BCUT2D eigenvalue weighted by molar-refractivity contribution is -0.117. The van der Waals surface area contributed by atoms with E-state index in [0.717, 1.165) is 39.6 Å². The molecule has 0 saturated heterocycles. The minimum atomic E-state index is -0.328. The van der Waals surface area contributed by atoms with Gasteiger partial charge in [-0.25, -0.2) is 9.36 Å². The molecule has 1 aliphatic carbocycles. The molecule has 1 N–H and O–H groups in total. The monoisotopic (exact) mass is 491 g/mol. The first-order valence-electron chi connectivity index (χ1n) is 10.5. The number of benzene rings is 2. The van der Waals surface area contributed by atoms with Crippen LogP contribution in [-0.4, -0.2) is 25.5 Å². The van der Waals surface area contributed by atoms with E-state index in [-0.39, 0.29) is 18.0 Å². The van der Waals surface area contributed by atoms with Crippen LogP contribution in [-0.2, 0) is 11.3 Å². The molecular formula is C24H22BrN5O2. The number of nitrogens with one attached hydrogen (secondary N) is 1. The third-order valence-electron chi connectivity index (χ3n) is 5.83. The minimum absolute atomic E-state index is 0.164. The van der Waals surface area contributed by atoms with Crippen molar-refractivity contribution >= 4 is 38.4 Å². The molecule has 32 heavy (non-hydrogen) atoms. The molecule has 7 nitrogen and oxygen atoms in total. The summed E-state index contributed by atoms with van der Waals surface area (Å²) >= 11 is 3.38. The number of aryl methyl sites for hydroxylation is 2. The molecule has 1 amide bonds. The van der Waals surface area contributed by atoms with E-state index in [1.165, 1.54) is 10.2 Å². The van der Waals surface area contributed by atoms with E-state index in [9.17, 15) is 9.59 Å². The SMILES string of the molecule is Cc1ccc(-n2ncc3c(C4CC4)nn(CC(=O)Nc4ccc(Br)cc4)c(=O)c32)cc1C. The van der Waals surface area contributed by atoms with E-state index in [0.29, 0.717) is 17.1 Å². The fraction of sp³-hybridized carbons (Fsp3) is 0.250. The van der Waals surface area contributed by atoms with Gasteiger partial charge in [-0.05, 0) is 74.2 Å². The predicted molar refractivity (Wildman–Crippen MR) is 127 cm³/mol. The Kier molecular flexibility index (Phi) is 5.17. The Morgan fingerprint density at radius 2 is 1.88 bits per heavy atom. The second kappa shape index (κ2) is 8.02. The summed E-state index contributed by atoms with van der Waals surface area (Å²) in [6.45, 7) is 3.92. The first kappa shape index (κ1) is 20.6. The van der Waals surface area contributed by atoms with Gasteiger partial charge in [0.15, 0.2) is 0 Å². The van der Waals surface area contributed by atoms with E-state index in [1.807, 2.05) is 44.2 Å². The van der Waals surface area contributed by atoms with E-state index in [1.54, 1.807) is 23.0 Å². The minimum Gasteiger partial charge on any atom is -0.324 e. The smallest absolute Gasteiger partial charge is 0.293 e. The summed E-state index contributed by atoms with van der Waals surface area (Å²) < 4.78 is 3.86. The molecule has 1 saturated carbocycles. The van der Waals surface area contributed by atoms with Crippen molar-refractivity contribution in [2.24, 2.45) is 0 Å². The molecule has 0 aliphatic heterocycles. The molecule has 0 spiro atoms. The highest BCUT2D eigenvalue weighted by Crippen LogP contribution is 2.41. The molecular weight excluding hydrogens is 470 g/mol. The Balaban J connectivity index is 1.56. The zero-order valence-electron chi connectivity index (χ0n) is 17.8. The number of fused-ring (bicyclic) bond motifs is 1. The first-order valence-corrected chi connectivity index (χ1v) is 11.3. The summed E-state index contributed by atoms with van der Waals surface area (Å²) in [4.78, 5) is 26.1. The summed E-state index contributed by atoms with van der Waals surface area (Å²) in [7, 11) is 0. The van der Waals surface area contributed by atoms with Crippen molar-refractivity contribution in [2.75, 3.05) is 5.32 Å². The number of anilines is 1. The van der Waals surface area contributed by atoms with Crippen molar-refractivity contribution in [1.82, 2.24) is 19.6 Å². The fourth-order valence-corrected chi connectivity index (χ4v) is 4.05. The van der Waals surface area contributed by atoms with Gasteiger partial charge in [0.05, 0.1) is 17.6 Å². The third kappa shape index (κ3) is 3.86. The van der Waals surface area contributed by atoms with Crippen LogP contribution in [0.2, 0.25) is 0 Å². The number of aromatic nitrogens is 4. The Hall–Kier alpha value is -3.26. The van der Waals surface area contributed by atoms with E-state index in [4.69, 9.17) is 0 Å². The Labute approximate surface area is 193 Å². The Morgan fingerprint density at radius 1 is 1.12 bits per heavy atom. The van der Waals surface area contributed by atoms with Crippen LogP contribution < -0.4 is 10.9 Å². The highest BCUT2D eigenvalue weighted by atomic mass is 79.9. The highest BCUT2D eigenvalue weighted by molar-refractivity contribution is 9.10. The van der Waals surface area contributed by atoms with Crippen molar-refractivity contribution in [2.45, 2.75) is 39.2 Å². The van der Waals surface area contributed by atoms with Crippen molar-refractivity contribution in [3.8, 4) is 5.69 Å². The predicted octanol–water partition coefficient (Wildman–Crippen LogP) is 4.48. The normalized spacial score (nSPS) is 13.5. The van der Waals surface area contributed by atoms with Gasteiger partial charge < -0.3 is 5.32 Å². The molecule has 2 aromatic carbocycles. The highest BCUT2D eigenvalue weighted by Gasteiger charge is 2.30. The first-order chi connectivity index (χ1) is 15.4. The summed E-state index contributed by atoms with van der Waals surface area (Å²) in [5.41, 5.74) is 4.75. The van der Waals surface area contributed by atoms with Gasteiger partial charge in [-0.2, -0.15) is 10.2 Å². The van der Waals surface area contributed by atoms with Gasteiger partial charge >= 0.3 is 0 Å². The van der Waals surface area contributed by atoms with Gasteiger partial charge in [0.1, 0.15) is 12.1 Å². The van der Waals surface area contributed by atoms with Crippen LogP contribution >= 0.6 is 15.9 Å². The molecule has 1 aliphatic rings. The topological polar surface area (TPSA) is 81.8 Å². The second-order valence-electron chi connectivity index (χ2n) is 8.26. The number of halogens is 1. The molecule has 2 heterocycles. The zero-order chi connectivity index (χ0) is 22.4. The zero-order valence-corrected chi connectivity index (χ0v) is 19.4. The average molecular weight is 492 g/mol.